The molecule has 3 aromatic rings. The molecule has 0 aliphatic carbocycles. The van der Waals surface area contributed by atoms with Crippen LogP contribution in [0.4, 0.5) is 0 Å². The van der Waals surface area contributed by atoms with E-state index >= 15 is 0 Å². The fraction of sp³-hybridized carbons (Fsp3) is 0.333. The molecule has 0 saturated heterocycles. The number of nitrogens with zero attached hydrogens (tertiary/aromatic N) is 5. The van der Waals surface area contributed by atoms with Gasteiger partial charge in [-0.3, -0.25) is 9.59 Å². The Morgan fingerprint density at radius 2 is 2.00 bits per heavy atom. The van der Waals surface area contributed by atoms with Crippen LogP contribution < -0.4 is 5.56 Å². The molecule has 3 heterocycles. The van der Waals surface area contributed by atoms with E-state index in [9.17, 15) is 9.59 Å². The average Bonchev–Trinajstić information content (AvgIpc) is 3.06. The molecule has 0 saturated carbocycles. The number of hydrogen-bond donors (Lipinski definition) is 0. The summed E-state index contributed by atoms with van der Waals surface area (Å²) in [6, 6.07) is 8.91. The molecular formula is C18H19N5O2. The molecule has 128 valence electrons. The van der Waals surface area contributed by atoms with Crippen LogP contribution in [0.1, 0.15) is 28.9 Å². The largest absolute Gasteiger partial charge is 0.329 e. The second-order valence-electron chi connectivity index (χ2n) is 6.24. The molecule has 1 amide bonds. The second kappa shape index (κ2) is 5.84. The number of hydrogen-bond acceptors (Lipinski definition) is 4. The van der Waals surface area contributed by atoms with Gasteiger partial charge in [-0.25, -0.2) is 0 Å². The van der Waals surface area contributed by atoms with E-state index in [1.807, 2.05) is 31.2 Å². The zero-order valence-electron chi connectivity index (χ0n) is 14.3. The van der Waals surface area contributed by atoms with Crippen LogP contribution in [0.25, 0.3) is 10.9 Å². The topological polar surface area (TPSA) is 73.0 Å². The zero-order valence-corrected chi connectivity index (χ0v) is 14.3. The maximum absolute atomic E-state index is 13.1. The second-order valence-corrected chi connectivity index (χ2v) is 6.24. The highest BCUT2D eigenvalue weighted by atomic mass is 16.2. The molecule has 7 heteroatoms. The third kappa shape index (κ3) is 2.43. The SMILES string of the molecule is CCc1nnc2n1CCN(C(=O)c1cc(=O)n(C)c3ccccc13)C2. The maximum Gasteiger partial charge on any atom is 0.255 e. The Morgan fingerprint density at radius 3 is 2.80 bits per heavy atom. The summed E-state index contributed by atoms with van der Waals surface area (Å²) in [5, 5.41) is 9.17. The molecule has 1 aromatic carbocycles. The number of carbonyl (C=O) groups is 1. The van der Waals surface area contributed by atoms with Gasteiger partial charge in [-0.2, -0.15) is 0 Å². The van der Waals surface area contributed by atoms with Gasteiger partial charge in [0.1, 0.15) is 5.82 Å². The van der Waals surface area contributed by atoms with Crippen LogP contribution in [0, 0.1) is 0 Å². The first-order valence-electron chi connectivity index (χ1n) is 8.39. The first-order chi connectivity index (χ1) is 12.1. The fourth-order valence-electron chi connectivity index (χ4n) is 3.41. The van der Waals surface area contributed by atoms with Crippen molar-refractivity contribution in [3.05, 3.63) is 57.9 Å². The van der Waals surface area contributed by atoms with Gasteiger partial charge in [-0.1, -0.05) is 25.1 Å². The van der Waals surface area contributed by atoms with E-state index < -0.39 is 0 Å². The standard InChI is InChI=1S/C18H19N5O2/c1-3-15-19-20-16-11-22(8-9-23(15)16)18(25)13-10-17(24)21(2)14-7-5-4-6-12(13)14/h4-7,10H,3,8-9,11H2,1-2H3. The highest BCUT2D eigenvalue weighted by molar-refractivity contribution is 6.06. The van der Waals surface area contributed by atoms with Crippen molar-refractivity contribution in [2.75, 3.05) is 6.54 Å². The lowest BCUT2D eigenvalue weighted by molar-refractivity contribution is 0.0708. The molecule has 0 bridgehead atoms. The van der Waals surface area contributed by atoms with Crippen molar-refractivity contribution in [1.29, 1.82) is 0 Å². The van der Waals surface area contributed by atoms with Crippen LogP contribution in [0.3, 0.4) is 0 Å². The summed E-state index contributed by atoms with van der Waals surface area (Å²) < 4.78 is 3.64. The summed E-state index contributed by atoms with van der Waals surface area (Å²) in [6.07, 6.45) is 0.820. The molecule has 0 fully saturated rings. The molecule has 0 radical (unpaired) electrons. The van der Waals surface area contributed by atoms with Gasteiger partial charge >= 0.3 is 0 Å². The normalized spacial score (nSPS) is 13.9. The molecule has 0 unspecified atom stereocenters. The molecule has 2 aromatic heterocycles. The third-order valence-corrected chi connectivity index (χ3v) is 4.82. The number of aromatic nitrogens is 4. The number of para-hydroxylation sites is 1. The maximum atomic E-state index is 13.1. The van der Waals surface area contributed by atoms with Gasteiger partial charge < -0.3 is 14.0 Å². The number of carbonyl (C=O) groups excluding carboxylic acids is 1. The quantitative estimate of drug-likeness (QED) is 0.707. The van der Waals surface area contributed by atoms with Gasteiger partial charge in [0.05, 0.1) is 17.6 Å². The lowest BCUT2D eigenvalue weighted by Gasteiger charge is -2.28. The minimum atomic E-state index is -0.185. The summed E-state index contributed by atoms with van der Waals surface area (Å²) in [5.74, 6) is 1.60. The van der Waals surface area contributed by atoms with Gasteiger partial charge in [-0.15, -0.1) is 10.2 Å². The average molecular weight is 337 g/mol. The van der Waals surface area contributed by atoms with Crippen molar-refractivity contribution in [3.8, 4) is 0 Å². The Balaban J connectivity index is 1.74. The van der Waals surface area contributed by atoms with Crippen LogP contribution in [-0.2, 0) is 26.6 Å². The molecule has 1 aliphatic heterocycles. The molecule has 0 atom stereocenters. The molecule has 7 nitrogen and oxygen atoms in total. The van der Waals surface area contributed by atoms with Crippen molar-refractivity contribution in [2.45, 2.75) is 26.4 Å². The molecule has 1 aliphatic rings. The van der Waals surface area contributed by atoms with E-state index in [4.69, 9.17) is 0 Å². The van der Waals surface area contributed by atoms with Crippen molar-refractivity contribution in [1.82, 2.24) is 24.2 Å². The van der Waals surface area contributed by atoms with E-state index in [1.165, 1.54) is 6.07 Å². The zero-order chi connectivity index (χ0) is 17.6. The molecule has 0 N–H and O–H groups in total. The number of pyridine rings is 1. The minimum absolute atomic E-state index is 0.138. The van der Waals surface area contributed by atoms with Crippen LogP contribution in [-0.4, -0.2) is 36.7 Å². The van der Waals surface area contributed by atoms with E-state index in [-0.39, 0.29) is 11.5 Å². The summed E-state index contributed by atoms with van der Waals surface area (Å²) >= 11 is 0. The first kappa shape index (κ1) is 15.6. The highest BCUT2D eigenvalue weighted by Gasteiger charge is 2.26. The molecule has 4 rings (SSSR count). The smallest absolute Gasteiger partial charge is 0.255 e. The highest BCUT2D eigenvalue weighted by Crippen LogP contribution is 2.21. The Kier molecular flexibility index (Phi) is 3.63. The number of amides is 1. The van der Waals surface area contributed by atoms with E-state index in [0.717, 1.165) is 29.0 Å². The molecule has 0 spiro atoms. The Hall–Kier alpha value is -2.96. The summed E-state index contributed by atoms with van der Waals surface area (Å²) in [5.41, 5.74) is 1.02. The van der Waals surface area contributed by atoms with Crippen LogP contribution >= 0.6 is 0 Å². The first-order valence-corrected chi connectivity index (χ1v) is 8.39. The Labute approximate surface area is 144 Å². The van der Waals surface area contributed by atoms with Crippen molar-refractivity contribution in [3.63, 3.8) is 0 Å². The predicted octanol–water partition coefficient (Wildman–Crippen LogP) is 1.35. The van der Waals surface area contributed by atoms with E-state index in [1.54, 1.807) is 16.5 Å². The number of aryl methyl sites for hydroxylation is 2. The predicted molar refractivity (Wildman–Crippen MR) is 93.3 cm³/mol. The van der Waals surface area contributed by atoms with E-state index in [0.29, 0.717) is 25.2 Å². The molecule has 25 heavy (non-hydrogen) atoms. The summed E-state index contributed by atoms with van der Waals surface area (Å²) in [6.45, 7) is 3.72. The molecular weight excluding hydrogens is 318 g/mol. The Morgan fingerprint density at radius 1 is 1.20 bits per heavy atom. The minimum Gasteiger partial charge on any atom is -0.329 e. The van der Waals surface area contributed by atoms with Gasteiger partial charge in [-0.05, 0) is 6.07 Å². The summed E-state index contributed by atoms with van der Waals surface area (Å²) in [4.78, 5) is 27.1. The van der Waals surface area contributed by atoms with Crippen LogP contribution in [0.5, 0.6) is 0 Å². The van der Waals surface area contributed by atoms with Crippen LogP contribution in [0.2, 0.25) is 0 Å². The van der Waals surface area contributed by atoms with Crippen molar-refractivity contribution < 1.29 is 4.79 Å². The van der Waals surface area contributed by atoms with Crippen LogP contribution in [0.15, 0.2) is 35.1 Å². The number of fused-ring (bicyclic) bond motifs is 2. The third-order valence-electron chi connectivity index (χ3n) is 4.82. The van der Waals surface area contributed by atoms with Crippen molar-refractivity contribution in [2.24, 2.45) is 7.05 Å². The Bertz CT molecular complexity index is 1030. The lowest BCUT2D eigenvalue weighted by atomic mass is 10.1. The lowest BCUT2D eigenvalue weighted by Crippen LogP contribution is -2.39. The van der Waals surface area contributed by atoms with Crippen molar-refractivity contribution >= 4 is 16.8 Å². The van der Waals surface area contributed by atoms with E-state index in [2.05, 4.69) is 14.8 Å². The van der Waals surface area contributed by atoms with Gasteiger partial charge in [0, 0.05) is 38.0 Å². The van der Waals surface area contributed by atoms with Gasteiger partial charge in [0.15, 0.2) is 5.82 Å². The fourth-order valence-corrected chi connectivity index (χ4v) is 3.41. The van der Waals surface area contributed by atoms with Gasteiger partial charge in [0.2, 0.25) is 0 Å². The van der Waals surface area contributed by atoms with Gasteiger partial charge in [0.25, 0.3) is 11.5 Å². The summed E-state index contributed by atoms with van der Waals surface area (Å²) in [7, 11) is 1.72. The number of rotatable bonds is 2. The number of benzene rings is 1. The monoisotopic (exact) mass is 337 g/mol.